The number of esters is 1. The number of nitrogens with one attached hydrogen (secondary N) is 2. The molecule has 1 aromatic carbocycles. The van der Waals surface area contributed by atoms with Crippen LogP contribution < -0.4 is 14.8 Å². The van der Waals surface area contributed by atoms with Gasteiger partial charge in [0.25, 0.3) is 5.91 Å². The predicted molar refractivity (Wildman–Crippen MR) is 97.4 cm³/mol. The second-order valence-corrected chi connectivity index (χ2v) is 5.90. The summed E-state index contributed by atoms with van der Waals surface area (Å²) in [7, 11) is 1.33. The molecule has 0 radical (unpaired) electrons. The molecule has 2 aromatic rings. The summed E-state index contributed by atoms with van der Waals surface area (Å²) < 4.78 is 38.9. The maximum atomic E-state index is 12.3. The van der Waals surface area contributed by atoms with Crippen molar-refractivity contribution in [3.05, 3.63) is 47.3 Å². The SMILES string of the molecule is COc1cc(CCNC(=O)COC(=O)c2cc(C(C)=O)c[nH]2)ccc1OC(F)F. The van der Waals surface area contributed by atoms with Crippen LogP contribution in [0, 0.1) is 0 Å². The van der Waals surface area contributed by atoms with Crippen LogP contribution in [0.4, 0.5) is 8.78 Å². The van der Waals surface area contributed by atoms with Crippen LogP contribution in [-0.2, 0) is 16.0 Å². The van der Waals surface area contributed by atoms with Crippen molar-refractivity contribution in [3.63, 3.8) is 0 Å². The van der Waals surface area contributed by atoms with Gasteiger partial charge < -0.3 is 24.5 Å². The van der Waals surface area contributed by atoms with Gasteiger partial charge in [0.1, 0.15) is 5.69 Å². The van der Waals surface area contributed by atoms with E-state index >= 15 is 0 Å². The summed E-state index contributed by atoms with van der Waals surface area (Å²) in [5, 5.41) is 2.57. The Kier molecular flexibility index (Phi) is 7.70. The summed E-state index contributed by atoms with van der Waals surface area (Å²) >= 11 is 0. The molecule has 2 N–H and O–H groups in total. The Labute approximate surface area is 165 Å². The van der Waals surface area contributed by atoms with Gasteiger partial charge in [0.05, 0.1) is 7.11 Å². The van der Waals surface area contributed by atoms with Crippen LogP contribution in [0.5, 0.6) is 11.5 Å². The first kappa shape index (κ1) is 21.9. The summed E-state index contributed by atoms with van der Waals surface area (Å²) in [6.45, 7) is -1.86. The Hall–Kier alpha value is -3.43. The zero-order valence-corrected chi connectivity index (χ0v) is 15.8. The average molecular weight is 410 g/mol. The third kappa shape index (κ3) is 6.59. The molecular formula is C19H20F2N2O6. The van der Waals surface area contributed by atoms with Crippen molar-refractivity contribution in [2.45, 2.75) is 20.0 Å². The minimum Gasteiger partial charge on any atom is -0.493 e. The van der Waals surface area contributed by atoms with Crippen LogP contribution in [0.25, 0.3) is 0 Å². The normalized spacial score (nSPS) is 10.5. The molecule has 1 heterocycles. The number of Topliss-reactive ketones (excluding diaryl/α,β-unsaturated/α-hetero) is 1. The van der Waals surface area contributed by atoms with E-state index in [0.29, 0.717) is 12.0 Å². The lowest BCUT2D eigenvalue weighted by Gasteiger charge is -2.11. The average Bonchev–Trinajstić information content (AvgIpc) is 3.17. The number of ketones is 1. The lowest BCUT2D eigenvalue weighted by atomic mass is 10.1. The third-order valence-corrected chi connectivity index (χ3v) is 3.82. The van der Waals surface area contributed by atoms with E-state index in [2.05, 4.69) is 15.0 Å². The van der Waals surface area contributed by atoms with E-state index in [1.54, 1.807) is 6.07 Å². The standard InChI is InChI=1S/C19H20F2N2O6/c1-11(24)13-8-14(23-9-13)18(26)28-10-17(25)22-6-5-12-3-4-15(29-19(20)21)16(7-12)27-2/h3-4,7-9,19,23H,5-6,10H2,1-2H3,(H,22,25). The fourth-order valence-electron chi connectivity index (χ4n) is 2.38. The van der Waals surface area contributed by atoms with Gasteiger partial charge in [-0.3, -0.25) is 9.59 Å². The quantitative estimate of drug-likeness (QED) is 0.460. The molecule has 0 aliphatic carbocycles. The fourth-order valence-corrected chi connectivity index (χ4v) is 2.38. The number of hydrogen-bond donors (Lipinski definition) is 2. The molecule has 2 rings (SSSR count). The number of carbonyl (C=O) groups excluding carboxylic acids is 3. The smallest absolute Gasteiger partial charge is 0.387 e. The van der Waals surface area contributed by atoms with E-state index in [9.17, 15) is 23.2 Å². The summed E-state index contributed by atoms with van der Waals surface area (Å²) in [5.74, 6) is -1.41. The molecule has 1 amide bonds. The number of hydrogen-bond acceptors (Lipinski definition) is 6. The Balaban J connectivity index is 1.77. The number of methoxy groups -OCH3 is 1. The summed E-state index contributed by atoms with van der Waals surface area (Å²) in [5.41, 5.74) is 1.13. The highest BCUT2D eigenvalue weighted by Gasteiger charge is 2.14. The molecule has 0 bridgehead atoms. The van der Waals surface area contributed by atoms with E-state index in [4.69, 9.17) is 9.47 Å². The largest absolute Gasteiger partial charge is 0.493 e. The van der Waals surface area contributed by atoms with Crippen molar-refractivity contribution < 1.29 is 37.4 Å². The molecule has 29 heavy (non-hydrogen) atoms. The monoisotopic (exact) mass is 410 g/mol. The van der Waals surface area contributed by atoms with Crippen LogP contribution in [-0.4, -0.2) is 49.5 Å². The van der Waals surface area contributed by atoms with Crippen LogP contribution in [0.15, 0.2) is 30.5 Å². The first-order valence-electron chi connectivity index (χ1n) is 8.55. The number of alkyl halides is 2. The minimum absolute atomic E-state index is 0.0706. The topological polar surface area (TPSA) is 107 Å². The number of carbonyl (C=O) groups is 3. The molecule has 8 nitrogen and oxygen atoms in total. The molecule has 1 aromatic heterocycles. The summed E-state index contributed by atoms with van der Waals surface area (Å²) in [6.07, 6.45) is 1.77. The number of amides is 1. The molecule has 10 heteroatoms. The molecular weight excluding hydrogens is 390 g/mol. The Morgan fingerprint density at radius 1 is 1.17 bits per heavy atom. The van der Waals surface area contributed by atoms with Crippen molar-refractivity contribution in [1.82, 2.24) is 10.3 Å². The molecule has 0 saturated carbocycles. The van der Waals surface area contributed by atoms with Crippen molar-refractivity contribution >= 4 is 17.7 Å². The lowest BCUT2D eigenvalue weighted by Crippen LogP contribution is -2.30. The number of H-pyrrole nitrogens is 1. The van der Waals surface area contributed by atoms with E-state index in [1.807, 2.05) is 0 Å². The highest BCUT2D eigenvalue weighted by atomic mass is 19.3. The van der Waals surface area contributed by atoms with Gasteiger partial charge in [0.2, 0.25) is 0 Å². The van der Waals surface area contributed by atoms with E-state index in [0.717, 1.165) is 5.56 Å². The zero-order chi connectivity index (χ0) is 21.4. The van der Waals surface area contributed by atoms with Gasteiger partial charge in [-0.1, -0.05) is 6.07 Å². The fraction of sp³-hybridized carbons (Fsp3) is 0.316. The number of halogens is 2. The van der Waals surface area contributed by atoms with E-state index in [1.165, 1.54) is 38.4 Å². The number of aromatic amines is 1. The second-order valence-electron chi connectivity index (χ2n) is 5.90. The van der Waals surface area contributed by atoms with Gasteiger partial charge in [0, 0.05) is 18.3 Å². The first-order chi connectivity index (χ1) is 13.8. The Bertz CT molecular complexity index is 881. The number of benzene rings is 1. The van der Waals surface area contributed by atoms with Crippen molar-refractivity contribution in [1.29, 1.82) is 0 Å². The molecule has 0 unspecified atom stereocenters. The van der Waals surface area contributed by atoms with E-state index < -0.39 is 25.1 Å². The zero-order valence-electron chi connectivity index (χ0n) is 15.8. The second kappa shape index (κ2) is 10.2. The van der Waals surface area contributed by atoms with Crippen LogP contribution in [0.3, 0.4) is 0 Å². The van der Waals surface area contributed by atoms with Crippen LogP contribution in [0.2, 0.25) is 0 Å². The number of rotatable bonds is 10. The maximum Gasteiger partial charge on any atom is 0.387 e. The summed E-state index contributed by atoms with van der Waals surface area (Å²) in [6, 6.07) is 5.80. The minimum atomic E-state index is -2.96. The number of aromatic nitrogens is 1. The van der Waals surface area contributed by atoms with Crippen molar-refractivity contribution in [2.24, 2.45) is 0 Å². The molecule has 0 saturated heterocycles. The van der Waals surface area contributed by atoms with Crippen molar-refractivity contribution in [2.75, 3.05) is 20.3 Å². The van der Waals surface area contributed by atoms with Gasteiger partial charge in [-0.25, -0.2) is 4.79 Å². The van der Waals surface area contributed by atoms with Gasteiger partial charge in [-0.15, -0.1) is 0 Å². The molecule has 0 aliphatic heterocycles. The van der Waals surface area contributed by atoms with E-state index in [-0.39, 0.29) is 29.5 Å². The molecule has 0 spiro atoms. The van der Waals surface area contributed by atoms with Gasteiger partial charge in [-0.05, 0) is 37.1 Å². The van der Waals surface area contributed by atoms with Gasteiger partial charge in [-0.2, -0.15) is 8.78 Å². The van der Waals surface area contributed by atoms with Crippen molar-refractivity contribution in [3.8, 4) is 11.5 Å². The first-order valence-corrected chi connectivity index (χ1v) is 8.55. The molecule has 156 valence electrons. The maximum absolute atomic E-state index is 12.3. The molecule has 0 aliphatic rings. The number of ether oxygens (including phenoxy) is 3. The highest BCUT2D eigenvalue weighted by molar-refractivity contribution is 5.97. The molecule has 0 fully saturated rings. The molecule has 0 atom stereocenters. The Morgan fingerprint density at radius 2 is 1.93 bits per heavy atom. The predicted octanol–water partition coefficient (Wildman–Crippen LogP) is 2.34. The van der Waals surface area contributed by atoms with Gasteiger partial charge >= 0.3 is 12.6 Å². The third-order valence-electron chi connectivity index (χ3n) is 3.82. The lowest BCUT2D eigenvalue weighted by molar-refractivity contribution is -0.124. The Morgan fingerprint density at radius 3 is 2.55 bits per heavy atom. The highest BCUT2D eigenvalue weighted by Crippen LogP contribution is 2.29. The van der Waals surface area contributed by atoms with Crippen LogP contribution >= 0.6 is 0 Å². The van der Waals surface area contributed by atoms with Gasteiger partial charge in [0.15, 0.2) is 23.9 Å². The van der Waals surface area contributed by atoms with Crippen LogP contribution in [0.1, 0.15) is 33.3 Å². The summed E-state index contributed by atoms with van der Waals surface area (Å²) in [4.78, 5) is 37.4.